The van der Waals surface area contributed by atoms with Gasteiger partial charge in [0.1, 0.15) is 19.0 Å². The molecule has 0 aliphatic carbocycles. The van der Waals surface area contributed by atoms with E-state index in [4.69, 9.17) is 14.2 Å². The summed E-state index contributed by atoms with van der Waals surface area (Å²) in [5.41, 5.74) is 1.83. The van der Waals surface area contributed by atoms with E-state index in [1.54, 1.807) is 6.08 Å². The van der Waals surface area contributed by atoms with E-state index in [-0.39, 0.29) is 24.3 Å². The van der Waals surface area contributed by atoms with Crippen LogP contribution in [0.15, 0.2) is 108 Å². The molecule has 6 rings (SSSR count). The van der Waals surface area contributed by atoms with Gasteiger partial charge in [-0.25, -0.2) is 0 Å². The van der Waals surface area contributed by atoms with E-state index in [1.807, 2.05) is 85.8 Å². The lowest BCUT2D eigenvalue weighted by atomic mass is 10.1. The van der Waals surface area contributed by atoms with Gasteiger partial charge in [0.25, 0.3) is 11.1 Å². The fourth-order valence-corrected chi connectivity index (χ4v) is 5.85. The molecule has 5 aromatic carbocycles. The second-order valence-corrected chi connectivity index (χ2v) is 10.7. The summed E-state index contributed by atoms with van der Waals surface area (Å²) in [4.78, 5) is 27.4. The summed E-state index contributed by atoms with van der Waals surface area (Å²) in [5.74, 6) is 1.58. The number of thioether (sulfide) groups is 1. The van der Waals surface area contributed by atoms with Gasteiger partial charge in [0.15, 0.2) is 11.5 Å². The Morgan fingerprint density at radius 2 is 1.43 bits per heavy atom. The Labute approximate surface area is 248 Å². The molecule has 210 valence electrons. The Balaban J connectivity index is 1.13. The van der Waals surface area contributed by atoms with Crippen LogP contribution in [0.3, 0.4) is 0 Å². The molecule has 1 fully saturated rings. The highest BCUT2D eigenvalue weighted by molar-refractivity contribution is 8.18. The van der Waals surface area contributed by atoms with Crippen LogP contribution in [0.4, 0.5) is 4.79 Å². The van der Waals surface area contributed by atoms with Gasteiger partial charge in [-0.15, -0.1) is 0 Å². The third-order valence-electron chi connectivity index (χ3n) is 7.02. The molecule has 0 N–H and O–H groups in total. The lowest BCUT2D eigenvalue weighted by Crippen LogP contribution is -2.32. The summed E-state index contributed by atoms with van der Waals surface area (Å²) >= 11 is 0.928. The van der Waals surface area contributed by atoms with Crippen molar-refractivity contribution in [2.45, 2.75) is 13.5 Å². The number of amides is 2. The first-order chi connectivity index (χ1) is 20.6. The van der Waals surface area contributed by atoms with Crippen molar-refractivity contribution in [2.75, 3.05) is 19.8 Å². The van der Waals surface area contributed by atoms with Crippen molar-refractivity contribution in [1.29, 1.82) is 0 Å². The second kappa shape index (κ2) is 12.4. The quantitative estimate of drug-likeness (QED) is 0.157. The first-order valence-electron chi connectivity index (χ1n) is 13.8. The molecule has 1 heterocycles. The maximum absolute atomic E-state index is 13.1. The lowest BCUT2D eigenvalue weighted by Gasteiger charge is -2.14. The highest BCUT2D eigenvalue weighted by Gasteiger charge is 2.34. The number of nitrogens with zero attached hydrogens (tertiary/aromatic N) is 1. The Hall–Kier alpha value is -4.75. The minimum atomic E-state index is -0.333. The minimum Gasteiger partial charge on any atom is -0.491 e. The fraction of sp³-hybridized carbons (Fsp3) is 0.143. The minimum absolute atomic E-state index is 0.163. The number of carbonyl (C=O) groups is 2. The van der Waals surface area contributed by atoms with Crippen LogP contribution in [0, 0.1) is 0 Å². The topological polar surface area (TPSA) is 65.1 Å². The summed E-state index contributed by atoms with van der Waals surface area (Å²) in [6.45, 7) is 3.13. The van der Waals surface area contributed by atoms with E-state index in [0.29, 0.717) is 29.6 Å². The van der Waals surface area contributed by atoms with Crippen LogP contribution in [-0.4, -0.2) is 35.8 Å². The fourth-order valence-electron chi connectivity index (χ4n) is 4.99. The van der Waals surface area contributed by atoms with E-state index in [0.717, 1.165) is 50.2 Å². The van der Waals surface area contributed by atoms with Crippen molar-refractivity contribution < 1.29 is 23.8 Å². The van der Waals surface area contributed by atoms with Gasteiger partial charge in [-0.05, 0) is 70.2 Å². The van der Waals surface area contributed by atoms with Crippen molar-refractivity contribution in [1.82, 2.24) is 4.90 Å². The summed E-state index contributed by atoms with van der Waals surface area (Å²) in [5, 5.41) is 4.05. The molecule has 1 saturated heterocycles. The Kier molecular flexibility index (Phi) is 8.10. The van der Waals surface area contributed by atoms with Crippen molar-refractivity contribution in [3.8, 4) is 17.2 Å². The molecule has 0 aromatic heterocycles. The molecule has 2 amide bonds. The average Bonchev–Trinajstić information content (AvgIpc) is 3.28. The number of hydrogen-bond acceptors (Lipinski definition) is 6. The van der Waals surface area contributed by atoms with Gasteiger partial charge < -0.3 is 14.2 Å². The highest BCUT2D eigenvalue weighted by Crippen LogP contribution is 2.35. The zero-order chi connectivity index (χ0) is 28.9. The zero-order valence-electron chi connectivity index (χ0n) is 23.1. The van der Waals surface area contributed by atoms with Crippen molar-refractivity contribution in [3.63, 3.8) is 0 Å². The van der Waals surface area contributed by atoms with Crippen molar-refractivity contribution >= 4 is 50.5 Å². The number of imide groups is 1. The molecule has 0 spiro atoms. The van der Waals surface area contributed by atoms with E-state index in [1.165, 1.54) is 4.90 Å². The van der Waals surface area contributed by atoms with Gasteiger partial charge in [-0.2, -0.15) is 0 Å². The van der Waals surface area contributed by atoms with Gasteiger partial charge in [-0.3, -0.25) is 14.5 Å². The standard InChI is InChI=1S/C35H29NO5S/c1-2-39-32-21-24(17-18-31(32)41-23-27-13-7-11-25-9-3-5-14-28(25)27)22-33-34(37)36(35(38)42-33)19-20-40-30-16-8-12-26-10-4-6-15-29(26)30/h3-18,21-22H,2,19-20,23H2,1H3/b33-22-. The summed E-state index contributed by atoms with van der Waals surface area (Å²) in [6, 6.07) is 33.7. The third-order valence-corrected chi connectivity index (χ3v) is 7.93. The highest BCUT2D eigenvalue weighted by atomic mass is 32.2. The Bertz CT molecular complexity index is 1800. The molecule has 1 aliphatic rings. The molecule has 0 bridgehead atoms. The van der Waals surface area contributed by atoms with Crippen LogP contribution >= 0.6 is 11.8 Å². The SMILES string of the molecule is CCOc1cc(/C=C2\SC(=O)N(CCOc3cccc4ccccc34)C2=O)ccc1OCc1cccc2ccccc12. The Morgan fingerprint density at radius 3 is 2.24 bits per heavy atom. The van der Waals surface area contributed by atoms with E-state index in [9.17, 15) is 9.59 Å². The monoisotopic (exact) mass is 575 g/mol. The molecule has 0 radical (unpaired) electrons. The summed E-state index contributed by atoms with van der Waals surface area (Å²) < 4.78 is 18.0. The number of benzene rings is 5. The maximum atomic E-state index is 13.1. The number of fused-ring (bicyclic) bond motifs is 2. The van der Waals surface area contributed by atoms with Gasteiger partial charge in [0.05, 0.1) is 18.1 Å². The Morgan fingerprint density at radius 1 is 0.714 bits per heavy atom. The van der Waals surface area contributed by atoms with Crippen molar-refractivity contribution in [2.24, 2.45) is 0 Å². The van der Waals surface area contributed by atoms with Crippen LogP contribution in [0.2, 0.25) is 0 Å². The number of hydrogen-bond donors (Lipinski definition) is 0. The zero-order valence-corrected chi connectivity index (χ0v) is 23.9. The summed E-state index contributed by atoms with van der Waals surface area (Å²) in [7, 11) is 0. The maximum Gasteiger partial charge on any atom is 0.293 e. The van der Waals surface area contributed by atoms with Crippen LogP contribution < -0.4 is 14.2 Å². The normalized spacial score (nSPS) is 14.2. The van der Waals surface area contributed by atoms with Gasteiger partial charge >= 0.3 is 0 Å². The predicted octanol–water partition coefficient (Wildman–Crippen LogP) is 8.09. The first kappa shape index (κ1) is 27.4. The van der Waals surface area contributed by atoms with Crippen LogP contribution in [0.5, 0.6) is 17.2 Å². The third kappa shape index (κ3) is 5.83. The molecular formula is C35H29NO5S. The average molecular weight is 576 g/mol. The van der Waals surface area contributed by atoms with Gasteiger partial charge in [-0.1, -0.05) is 84.9 Å². The van der Waals surface area contributed by atoms with Crippen molar-refractivity contribution in [3.05, 3.63) is 119 Å². The number of ether oxygens (including phenoxy) is 3. The largest absolute Gasteiger partial charge is 0.491 e. The molecule has 42 heavy (non-hydrogen) atoms. The summed E-state index contributed by atoms with van der Waals surface area (Å²) in [6.07, 6.45) is 1.72. The van der Waals surface area contributed by atoms with Crippen LogP contribution in [-0.2, 0) is 11.4 Å². The number of rotatable bonds is 10. The lowest BCUT2D eigenvalue weighted by molar-refractivity contribution is -0.123. The molecule has 6 nitrogen and oxygen atoms in total. The van der Waals surface area contributed by atoms with E-state index < -0.39 is 0 Å². The van der Waals surface area contributed by atoms with Crippen LogP contribution in [0.25, 0.3) is 27.6 Å². The van der Waals surface area contributed by atoms with E-state index >= 15 is 0 Å². The molecule has 0 saturated carbocycles. The smallest absolute Gasteiger partial charge is 0.293 e. The molecule has 5 aromatic rings. The van der Waals surface area contributed by atoms with E-state index in [2.05, 4.69) is 24.3 Å². The first-order valence-corrected chi connectivity index (χ1v) is 14.6. The molecule has 1 aliphatic heterocycles. The molecule has 0 atom stereocenters. The molecular weight excluding hydrogens is 546 g/mol. The number of carbonyl (C=O) groups excluding carboxylic acids is 2. The van der Waals surface area contributed by atoms with Gasteiger partial charge in [0.2, 0.25) is 0 Å². The second-order valence-electron chi connectivity index (χ2n) is 9.73. The van der Waals surface area contributed by atoms with Gasteiger partial charge in [0, 0.05) is 5.39 Å². The van der Waals surface area contributed by atoms with Crippen LogP contribution in [0.1, 0.15) is 18.1 Å². The molecule has 7 heteroatoms. The predicted molar refractivity (Wildman–Crippen MR) is 168 cm³/mol. The molecule has 0 unspecified atom stereocenters.